The Morgan fingerprint density at radius 3 is 2.28 bits per heavy atom. The van der Waals surface area contributed by atoms with Gasteiger partial charge in [-0.3, -0.25) is 4.79 Å². The lowest BCUT2D eigenvalue weighted by molar-refractivity contribution is -0.143. The highest BCUT2D eigenvalue weighted by Crippen LogP contribution is 2.36. The Hall–Kier alpha value is -2.65. The Balaban J connectivity index is 1.67. The number of halogens is 6. The SMILES string of the molecule is O=C(C=Cc1ccc2c(c1)CCC2NCCc1cc(C(F)(F)F)cc(C(F)(F)F)c1)CO. The minimum Gasteiger partial charge on any atom is -0.388 e. The summed E-state index contributed by atoms with van der Waals surface area (Å²) in [6, 6.07) is 7.19. The molecule has 0 fully saturated rings. The van der Waals surface area contributed by atoms with Crippen molar-refractivity contribution >= 4 is 11.9 Å². The summed E-state index contributed by atoms with van der Waals surface area (Å²) in [5.74, 6) is -0.409. The van der Waals surface area contributed by atoms with Crippen LogP contribution < -0.4 is 5.32 Å². The van der Waals surface area contributed by atoms with Gasteiger partial charge in [0.2, 0.25) is 0 Å². The van der Waals surface area contributed by atoms with Crippen molar-refractivity contribution in [3.63, 3.8) is 0 Å². The Bertz CT molecular complexity index is 978. The molecule has 1 aliphatic rings. The molecular weight excluding hydrogens is 436 g/mol. The van der Waals surface area contributed by atoms with Gasteiger partial charge in [0, 0.05) is 6.04 Å². The molecule has 1 atom stereocenters. The minimum absolute atomic E-state index is 0.0168. The molecular formula is C23H21F6NO2. The number of alkyl halides is 6. The fourth-order valence-electron chi connectivity index (χ4n) is 3.75. The highest BCUT2D eigenvalue weighted by atomic mass is 19.4. The van der Waals surface area contributed by atoms with Crippen LogP contribution in [0.5, 0.6) is 0 Å². The number of nitrogens with one attached hydrogen (secondary N) is 1. The van der Waals surface area contributed by atoms with Crippen molar-refractivity contribution in [2.24, 2.45) is 0 Å². The van der Waals surface area contributed by atoms with E-state index in [1.165, 1.54) is 6.08 Å². The molecule has 2 aromatic carbocycles. The van der Waals surface area contributed by atoms with Crippen molar-refractivity contribution < 1.29 is 36.2 Å². The maximum atomic E-state index is 13.0. The first-order valence-electron chi connectivity index (χ1n) is 9.93. The molecule has 32 heavy (non-hydrogen) atoms. The number of fused-ring (bicyclic) bond motifs is 1. The number of benzene rings is 2. The van der Waals surface area contributed by atoms with Crippen molar-refractivity contribution in [3.8, 4) is 0 Å². The van der Waals surface area contributed by atoms with Gasteiger partial charge in [-0.1, -0.05) is 24.3 Å². The normalized spacial score (nSPS) is 16.5. The lowest BCUT2D eigenvalue weighted by Gasteiger charge is -2.16. The number of rotatable bonds is 7. The second kappa shape index (κ2) is 9.46. The van der Waals surface area contributed by atoms with E-state index in [1.807, 2.05) is 18.2 Å². The second-order valence-electron chi connectivity index (χ2n) is 7.63. The van der Waals surface area contributed by atoms with Crippen LogP contribution in [0, 0.1) is 0 Å². The first-order chi connectivity index (χ1) is 15.0. The zero-order chi connectivity index (χ0) is 23.5. The second-order valence-corrected chi connectivity index (χ2v) is 7.63. The van der Waals surface area contributed by atoms with E-state index in [-0.39, 0.29) is 30.6 Å². The number of aliphatic hydroxyl groups is 1. The average molecular weight is 457 g/mol. The van der Waals surface area contributed by atoms with Gasteiger partial charge in [0.05, 0.1) is 11.1 Å². The molecule has 172 valence electrons. The summed E-state index contributed by atoms with van der Waals surface area (Å²) in [5.41, 5.74) is 0.208. The third kappa shape index (κ3) is 5.98. The molecule has 0 aliphatic heterocycles. The Kier molecular flexibility index (Phi) is 7.09. The fraction of sp³-hybridized carbons (Fsp3) is 0.348. The zero-order valence-corrected chi connectivity index (χ0v) is 16.9. The lowest BCUT2D eigenvalue weighted by atomic mass is 10.0. The molecule has 3 rings (SSSR count). The summed E-state index contributed by atoms with van der Waals surface area (Å²) in [6.45, 7) is -0.348. The third-order valence-electron chi connectivity index (χ3n) is 5.31. The molecule has 1 aliphatic carbocycles. The van der Waals surface area contributed by atoms with Crippen molar-refractivity contribution in [1.29, 1.82) is 0 Å². The minimum atomic E-state index is -4.86. The molecule has 0 saturated carbocycles. The first kappa shape index (κ1) is 24.0. The van der Waals surface area contributed by atoms with E-state index in [9.17, 15) is 31.1 Å². The molecule has 0 amide bonds. The molecule has 0 spiro atoms. The van der Waals surface area contributed by atoms with Gasteiger partial charge in [-0.05, 0) is 72.3 Å². The molecule has 1 unspecified atom stereocenters. The van der Waals surface area contributed by atoms with Crippen molar-refractivity contribution in [2.75, 3.05) is 13.2 Å². The number of aryl methyl sites for hydroxylation is 1. The van der Waals surface area contributed by atoms with Crippen LogP contribution in [0.3, 0.4) is 0 Å². The van der Waals surface area contributed by atoms with Crippen LogP contribution in [0.15, 0.2) is 42.5 Å². The van der Waals surface area contributed by atoms with Gasteiger partial charge < -0.3 is 10.4 Å². The van der Waals surface area contributed by atoms with E-state index >= 15 is 0 Å². The Morgan fingerprint density at radius 2 is 1.69 bits per heavy atom. The third-order valence-corrected chi connectivity index (χ3v) is 5.31. The van der Waals surface area contributed by atoms with Crippen LogP contribution in [0.4, 0.5) is 26.3 Å². The number of carbonyl (C=O) groups is 1. The number of hydrogen-bond acceptors (Lipinski definition) is 3. The summed E-state index contributed by atoms with van der Waals surface area (Å²) in [4.78, 5) is 11.2. The fourth-order valence-corrected chi connectivity index (χ4v) is 3.75. The van der Waals surface area contributed by atoms with Gasteiger partial charge >= 0.3 is 12.4 Å². The van der Waals surface area contributed by atoms with Crippen molar-refractivity contribution in [1.82, 2.24) is 5.32 Å². The van der Waals surface area contributed by atoms with Gasteiger partial charge in [-0.25, -0.2) is 0 Å². The van der Waals surface area contributed by atoms with Crippen molar-refractivity contribution in [3.05, 3.63) is 75.9 Å². The Labute approximate surface area is 180 Å². The van der Waals surface area contributed by atoms with Crippen LogP contribution in [0.25, 0.3) is 6.08 Å². The summed E-state index contributed by atoms with van der Waals surface area (Å²) >= 11 is 0. The molecule has 2 aromatic rings. The van der Waals surface area contributed by atoms with Gasteiger partial charge in [-0.2, -0.15) is 26.3 Å². The van der Waals surface area contributed by atoms with E-state index < -0.39 is 35.9 Å². The van der Waals surface area contributed by atoms with Crippen LogP contribution in [0.2, 0.25) is 0 Å². The summed E-state index contributed by atoms with van der Waals surface area (Å²) in [7, 11) is 0. The molecule has 0 radical (unpaired) electrons. The number of hydrogen-bond donors (Lipinski definition) is 2. The van der Waals surface area contributed by atoms with Gasteiger partial charge in [0.1, 0.15) is 6.61 Å². The lowest BCUT2D eigenvalue weighted by Crippen LogP contribution is -2.22. The molecule has 3 nitrogen and oxygen atoms in total. The quantitative estimate of drug-likeness (QED) is 0.448. The highest BCUT2D eigenvalue weighted by Gasteiger charge is 2.36. The Morgan fingerprint density at radius 1 is 1.03 bits per heavy atom. The van der Waals surface area contributed by atoms with E-state index in [1.54, 1.807) is 6.08 Å². The van der Waals surface area contributed by atoms with Crippen LogP contribution in [-0.2, 0) is 30.0 Å². The smallest absolute Gasteiger partial charge is 0.388 e. The maximum absolute atomic E-state index is 13.0. The van der Waals surface area contributed by atoms with E-state index in [2.05, 4.69) is 5.32 Å². The van der Waals surface area contributed by atoms with Crippen molar-refractivity contribution in [2.45, 2.75) is 37.7 Å². The van der Waals surface area contributed by atoms with Crippen LogP contribution in [0.1, 0.15) is 45.8 Å². The zero-order valence-electron chi connectivity index (χ0n) is 16.9. The summed E-state index contributed by atoms with van der Waals surface area (Å²) < 4.78 is 78.0. The average Bonchev–Trinajstić information content (AvgIpc) is 3.12. The van der Waals surface area contributed by atoms with E-state index in [4.69, 9.17) is 5.11 Å². The predicted molar refractivity (Wildman–Crippen MR) is 107 cm³/mol. The van der Waals surface area contributed by atoms with Crippen LogP contribution in [-0.4, -0.2) is 24.0 Å². The molecule has 2 N–H and O–H groups in total. The van der Waals surface area contributed by atoms with Gasteiger partial charge in [0.25, 0.3) is 0 Å². The predicted octanol–water partition coefficient (Wildman–Crippen LogP) is 5.12. The number of carbonyl (C=O) groups excluding carboxylic acids is 1. The van der Waals surface area contributed by atoms with E-state index in [0.717, 1.165) is 41.7 Å². The number of aliphatic hydroxyl groups excluding tert-OH is 1. The van der Waals surface area contributed by atoms with Gasteiger partial charge in [-0.15, -0.1) is 0 Å². The molecule has 0 heterocycles. The van der Waals surface area contributed by atoms with Gasteiger partial charge in [0.15, 0.2) is 5.78 Å². The largest absolute Gasteiger partial charge is 0.416 e. The molecule has 0 bridgehead atoms. The monoisotopic (exact) mass is 457 g/mol. The number of ketones is 1. The van der Waals surface area contributed by atoms with E-state index in [0.29, 0.717) is 0 Å². The summed E-state index contributed by atoms with van der Waals surface area (Å²) in [6.07, 6.45) is -5.31. The molecule has 9 heteroatoms. The molecule has 0 aromatic heterocycles. The van der Waals surface area contributed by atoms with Crippen LogP contribution >= 0.6 is 0 Å². The maximum Gasteiger partial charge on any atom is 0.416 e. The standard InChI is InChI=1S/C23H21F6NO2/c24-22(25,26)17-10-15(11-18(12-17)23(27,28)29)7-8-30-21-6-3-16-9-14(2-5-20(16)21)1-4-19(32)13-31/h1-2,4-5,9-12,21,30-31H,3,6-8,13H2. The first-order valence-corrected chi connectivity index (χ1v) is 9.93. The topological polar surface area (TPSA) is 49.3 Å². The molecule has 0 saturated heterocycles. The summed E-state index contributed by atoms with van der Waals surface area (Å²) in [5, 5.41) is 12.0. The highest BCUT2D eigenvalue weighted by molar-refractivity contribution is 5.94.